The van der Waals surface area contributed by atoms with Gasteiger partial charge in [-0.2, -0.15) is 13.2 Å². The van der Waals surface area contributed by atoms with Crippen LogP contribution in [0.5, 0.6) is 0 Å². The average Bonchev–Trinajstić information content (AvgIpc) is 2.33. The molecule has 2 N–H and O–H groups in total. The maximum atomic E-state index is 13.0. The molecule has 0 fully saturated rings. The highest BCUT2D eigenvalue weighted by molar-refractivity contribution is 7.99. The molecule has 108 valence electrons. The zero-order valence-electron chi connectivity index (χ0n) is 10.9. The summed E-state index contributed by atoms with van der Waals surface area (Å²) in [6.07, 6.45) is -4.36. The van der Waals surface area contributed by atoms with Crippen molar-refractivity contribution >= 4 is 11.8 Å². The largest absolute Gasteiger partial charge is 0.416 e. The normalized spacial score (nSPS) is 12.2. The predicted molar refractivity (Wildman–Crippen MR) is 71.2 cm³/mol. The molecular weight excluding hydrogens is 275 g/mol. The van der Waals surface area contributed by atoms with E-state index in [0.29, 0.717) is 10.6 Å². The number of aliphatic hydroxyl groups excluding tert-OH is 1. The second-order valence-electron chi connectivity index (χ2n) is 4.42. The first-order valence-corrected chi connectivity index (χ1v) is 7.00. The highest BCUT2D eigenvalue weighted by Crippen LogP contribution is 2.34. The molecule has 1 aromatic carbocycles. The van der Waals surface area contributed by atoms with Crippen LogP contribution >= 0.6 is 11.8 Å². The lowest BCUT2D eigenvalue weighted by atomic mass is 10.1. The van der Waals surface area contributed by atoms with Crippen molar-refractivity contribution in [2.45, 2.75) is 37.5 Å². The highest BCUT2D eigenvalue weighted by Gasteiger charge is 2.33. The minimum atomic E-state index is -4.36. The SMILES string of the molecule is CC(C)NCc1ccc(SCCO)cc1C(F)(F)F. The van der Waals surface area contributed by atoms with E-state index in [2.05, 4.69) is 5.32 Å². The van der Waals surface area contributed by atoms with Crippen LogP contribution in [0.25, 0.3) is 0 Å². The fourth-order valence-corrected chi connectivity index (χ4v) is 2.23. The second kappa shape index (κ2) is 7.17. The zero-order chi connectivity index (χ0) is 14.5. The van der Waals surface area contributed by atoms with Gasteiger partial charge < -0.3 is 10.4 Å². The van der Waals surface area contributed by atoms with Crippen molar-refractivity contribution in [1.82, 2.24) is 5.32 Å². The van der Waals surface area contributed by atoms with Crippen molar-refractivity contribution < 1.29 is 18.3 Å². The van der Waals surface area contributed by atoms with E-state index < -0.39 is 11.7 Å². The van der Waals surface area contributed by atoms with Crippen LogP contribution in [0.15, 0.2) is 23.1 Å². The Kier molecular flexibility index (Phi) is 6.16. The molecule has 0 saturated carbocycles. The number of rotatable bonds is 6. The maximum Gasteiger partial charge on any atom is 0.416 e. The van der Waals surface area contributed by atoms with Gasteiger partial charge in [-0.1, -0.05) is 19.9 Å². The summed E-state index contributed by atoms with van der Waals surface area (Å²) in [5.41, 5.74) is -0.363. The minimum Gasteiger partial charge on any atom is -0.396 e. The molecule has 0 saturated heterocycles. The maximum absolute atomic E-state index is 13.0. The summed E-state index contributed by atoms with van der Waals surface area (Å²) in [6.45, 7) is 3.91. The van der Waals surface area contributed by atoms with Gasteiger partial charge in [0.05, 0.1) is 12.2 Å². The third-order valence-corrected chi connectivity index (χ3v) is 3.42. The Labute approximate surface area is 115 Å². The molecule has 0 bridgehead atoms. The number of hydrogen-bond donors (Lipinski definition) is 2. The number of halogens is 3. The Morgan fingerprint density at radius 2 is 2.00 bits per heavy atom. The van der Waals surface area contributed by atoms with E-state index in [-0.39, 0.29) is 24.8 Å². The van der Waals surface area contributed by atoms with E-state index in [9.17, 15) is 13.2 Å². The summed E-state index contributed by atoms with van der Waals surface area (Å²) in [7, 11) is 0. The number of benzene rings is 1. The summed E-state index contributed by atoms with van der Waals surface area (Å²) in [6, 6.07) is 4.44. The molecule has 0 aliphatic carbocycles. The second-order valence-corrected chi connectivity index (χ2v) is 5.59. The molecule has 0 atom stereocenters. The molecule has 6 heteroatoms. The molecule has 0 spiro atoms. The molecule has 0 aliphatic rings. The average molecular weight is 293 g/mol. The Morgan fingerprint density at radius 1 is 1.32 bits per heavy atom. The summed E-state index contributed by atoms with van der Waals surface area (Å²) in [4.78, 5) is 0.523. The Hall–Kier alpha value is -0.720. The van der Waals surface area contributed by atoms with Gasteiger partial charge in [0.2, 0.25) is 0 Å². The fraction of sp³-hybridized carbons (Fsp3) is 0.538. The van der Waals surface area contributed by atoms with E-state index >= 15 is 0 Å². The van der Waals surface area contributed by atoms with Gasteiger partial charge in [-0.15, -0.1) is 11.8 Å². The molecule has 0 unspecified atom stereocenters. The van der Waals surface area contributed by atoms with E-state index in [1.807, 2.05) is 13.8 Å². The summed E-state index contributed by atoms with van der Waals surface area (Å²) >= 11 is 1.21. The van der Waals surface area contributed by atoms with Gasteiger partial charge in [-0.25, -0.2) is 0 Å². The van der Waals surface area contributed by atoms with Crippen molar-refractivity contribution in [2.75, 3.05) is 12.4 Å². The van der Waals surface area contributed by atoms with Gasteiger partial charge in [0.25, 0.3) is 0 Å². The molecule has 0 amide bonds. The van der Waals surface area contributed by atoms with Crippen LogP contribution in [0.3, 0.4) is 0 Å². The zero-order valence-corrected chi connectivity index (χ0v) is 11.7. The lowest BCUT2D eigenvalue weighted by Gasteiger charge is -2.16. The Balaban J connectivity index is 2.96. The number of alkyl halides is 3. The van der Waals surface area contributed by atoms with Crippen LogP contribution in [0.1, 0.15) is 25.0 Å². The molecule has 2 nitrogen and oxygen atoms in total. The lowest BCUT2D eigenvalue weighted by Crippen LogP contribution is -2.23. The van der Waals surface area contributed by atoms with Crippen molar-refractivity contribution in [1.29, 1.82) is 0 Å². The summed E-state index contributed by atoms with van der Waals surface area (Å²) < 4.78 is 39.0. The number of nitrogens with one attached hydrogen (secondary N) is 1. The highest BCUT2D eigenvalue weighted by atomic mass is 32.2. The van der Waals surface area contributed by atoms with Crippen molar-refractivity contribution in [3.05, 3.63) is 29.3 Å². The third kappa shape index (κ3) is 5.42. The van der Waals surface area contributed by atoms with E-state index in [1.165, 1.54) is 17.8 Å². The van der Waals surface area contributed by atoms with Gasteiger partial charge in [0, 0.05) is 23.2 Å². The van der Waals surface area contributed by atoms with Crippen LogP contribution in [0.4, 0.5) is 13.2 Å². The molecule has 19 heavy (non-hydrogen) atoms. The van der Waals surface area contributed by atoms with Crippen molar-refractivity contribution in [3.63, 3.8) is 0 Å². The standard InChI is InChI=1S/C13H18F3NOS/c1-9(2)17-8-10-3-4-11(19-6-5-18)7-12(10)13(14,15)16/h3-4,7,9,17-18H,5-6,8H2,1-2H3. The predicted octanol–water partition coefficient (Wildman–Crippen LogP) is 3.29. The third-order valence-electron chi connectivity index (χ3n) is 2.45. The van der Waals surface area contributed by atoms with Gasteiger partial charge in [0.1, 0.15) is 0 Å². The van der Waals surface area contributed by atoms with Crippen molar-refractivity contribution in [2.24, 2.45) is 0 Å². The van der Waals surface area contributed by atoms with Gasteiger partial charge in [-0.05, 0) is 17.7 Å². The number of aliphatic hydroxyl groups is 1. The monoisotopic (exact) mass is 293 g/mol. The fourth-order valence-electron chi connectivity index (χ4n) is 1.54. The first-order valence-electron chi connectivity index (χ1n) is 6.01. The lowest BCUT2D eigenvalue weighted by molar-refractivity contribution is -0.138. The minimum absolute atomic E-state index is 0.0529. The van der Waals surface area contributed by atoms with Crippen molar-refractivity contribution in [3.8, 4) is 0 Å². The first-order chi connectivity index (χ1) is 8.84. The number of hydrogen-bond acceptors (Lipinski definition) is 3. The summed E-state index contributed by atoms with van der Waals surface area (Å²) in [5.74, 6) is 0.390. The van der Waals surface area contributed by atoms with E-state index in [4.69, 9.17) is 5.11 Å². The topological polar surface area (TPSA) is 32.3 Å². The van der Waals surface area contributed by atoms with Gasteiger partial charge in [-0.3, -0.25) is 0 Å². The van der Waals surface area contributed by atoms with Crippen LogP contribution < -0.4 is 5.32 Å². The van der Waals surface area contributed by atoms with Crippen LogP contribution in [-0.2, 0) is 12.7 Å². The Bertz CT molecular complexity index is 407. The van der Waals surface area contributed by atoms with Gasteiger partial charge >= 0.3 is 6.18 Å². The molecule has 0 heterocycles. The molecule has 0 radical (unpaired) electrons. The molecule has 1 rings (SSSR count). The van der Waals surface area contributed by atoms with Crippen LogP contribution in [0.2, 0.25) is 0 Å². The first kappa shape index (κ1) is 16.3. The van der Waals surface area contributed by atoms with E-state index in [0.717, 1.165) is 6.07 Å². The van der Waals surface area contributed by atoms with E-state index in [1.54, 1.807) is 6.07 Å². The number of thioether (sulfide) groups is 1. The molecular formula is C13H18F3NOS. The van der Waals surface area contributed by atoms with Crippen LogP contribution in [0, 0.1) is 0 Å². The quantitative estimate of drug-likeness (QED) is 0.789. The van der Waals surface area contributed by atoms with Gasteiger partial charge in [0.15, 0.2) is 0 Å². The smallest absolute Gasteiger partial charge is 0.396 e. The Morgan fingerprint density at radius 3 is 2.53 bits per heavy atom. The van der Waals surface area contributed by atoms with Crippen LogP contribution in [-0.4, -0.2) is 23.5 Å². The molecule has 0 aliphatic heterocycles. The molecule has 0 aromatic heterocycles. The summed E-state index contributed by atoms with van der Waals surface area (Å²) in [5, 5.41) is 11.7. The molecule has 1 aromatic rings.